The monoisotopic (exact) mass is 420 g/mol. The fourth-order valence-corrected chi connectivity index (χ4v) is 3.07. The predicted octanol–water partition coefficient (Wildman–Crippen LogP) is 7.66. The molecule has 0 aliphatic rings. The molecule has 2 rings (SSSR count). The van der Waals surface area contributed by atoms with Crippen LogP contribution in [-0.4, -0.2) is 0 Å². The van der Waals surface area contributed by atoms with E-state index in [1.165, 1.54) is 0 Å². The third-order valence-electron chi connectivity index (χ3n) is 4.37. The Morgan fingerprint density at radius 3 is 0.935 bits per heavy atom. The molecular weight excluding hydrogens is 388 g/mol. The minimum absolute atomic E-state index is 0.441. The molecule has 2 aromatic carbocycles. The van der Waals surface area contributed by atoms with Crippen molar-refractivity contribution in [1.29, 1.82) is 0 Å². The van der Waals surface area contributed by atoms with E-state index >= 15 is 0 Å². The Labute approximate surface area is 186 Å². The standard InChI is InChI=1S/C27H32O4/c1-17(2)28-23-11-21(12-24(15-23)29-18(3)4)27(9,10)22-13-25(30-19(5)6)16-26(14-22)31-20(7)8/h11-16H,1,3,5,7H2,2,4,6,8-10H3. The van der Waals surface area contributed by atoms with Crippen molar-refractivity contribution in [2.24, 2.45) is 0 Å². The summed E-state index contributed by atoms with van der Waals surface area (Å²) in [7, 11) is 0. The summed E-state index contributed by atoms with van der Waals surface area (Å²) < 4.78 is 23.1. The van der Waals surface area contributed by atoms with Crippen molar-refractivity contribution in [3.63, 3.8) is 0 Å². The van der Waals surface area contributed by atoms with Crippen molar-refractivity contribution >= 4 is 0 Å². The van der Waals surface area contributed by atoms with Crippen LogP contribution in [-0.2, 0) is 5.41 Å². The molecule has 0 aromatic heterocycles. The highest BCUT2D eigenvalue weighted by molar-refractivity contribution is 5.50. The highest BCUT2D eigenvalue weighted by atomic mass is 16.5. The first-order valence-electron chi connectivity index (χ1n) is 10.0. The molecule has 0 N–H and O–H groups in total. The zero-order chi connectivity index (χ0) is 23.3. The molecule has 0 aliphatic heterocycles. The number of hydrogen-bond donors (Lipinski definition) is 0. The fraction of sp³-hybridized carbons (Fsp3) is 0.259. The van der Waals surface area contributed by atoms with Gasteiger partial charge in [-0.1, -0.05) is 40.2 Å². The number of benzene rings is 2. The van der Waals surface area contributed by atoms with Crippen molar-refractivity contribution in [2.45, 2.75) is 47.0 Å². The molecule has 0 saturated heterocycles. The Kier molecular flexibility index (Phi) is 7.40. The minimum atomic E-state index is -0.441. The largest absolute Gasteiger partial charge is 0.463 e. The lowest BCUT2D eigenvalue weighted by molar-refractivity contribution is 0.405. The van der Waals surface area contributed by atoms with Gasteiger partial charge in [-0.3, -0.25) is 0 Å². The summed E-state index contributed by atoms with van der Waals surface area (Å²) in [6.07, 6.45) is 0. The molecule has 0 unspecified atom stereocenters. The molecular formula is C27H32O4. The summed E-state index contributed by atoms with van der Waals surface area (Å²) in [4.78, 5) is 0. The van der Waals surface area contributed by atoms with Crippen LogP contribution in [0.25, 0.3) is 0 Å². The first-order chi connectivity index (χ1) is 14.4. The quantitative estimate of drug-likeness (QED) is 0.370. The predicted molar refractivity (Wildman–Crippen MR) is 127 cm³/mol. The Hall–Kier alpha value is -3.40. The SMILES string of the molecule is C=C(C)Oc1cc(OC(=C)C)cc(C(C)(C)c2cc(OC(=C)C)cc(OC(=C)C)c2)c1. The van der Waals surface area contributed by atoms with Gasteiger partial charge < -0.3 is 18.9 Å². The first kappa shape index (κ1) is 23.9. The summed E-state index contributed by atoms with van der Waals surface area (Å²) in [5, 5.41) is 0. The Morgan fingerprint density at radius 2 is 0.742 bits per heavy atom. The summed E-state index contributed by atoms with van der Waals surface area (Å²) in [5.41, 5.74) is 1.52. The van der Waals surface area contributed by atoms with Crippen LogP contribution >= 0.6 is 0 Å². The molecule has 0 aliphatic carbocycles. The van der Waals surface area contributed by atoms with E-state index < -0.39 is 5.41 Å². The van der Waals surface area contributed by atoms with Gasteiger partial charge in [0.15, 0.2) is 0 Å². The zero-order valence-electron chi connectivity index (χ0n) is 19.4. The van der Waals surface area contributed by atoms with E-state index in [2.05, 4.69) is 40.2 Å². The molecule has 164 valence electrons. The average molecular weight is 421 g/mol. The fourth-order valence-electron chi connectivity index (χ4n) is 3.07. The van der Waals surface area contributed by atoms with E-state index in [1.807, 2.05) is 36.4 Å². The summed E-state index contributed by atoms with van der Waals surface area (Å²) in [6.45, 7) is 26.8. The van der Waals surface area contributed by atoms with E-state index in [4.69, 9.17) is 18.9 Å². The third kappa shape index (κ3) is 6.82. The van der Waals surface area contributed by atoms with Crippen LogP contribution in [0, 0.1) is 0 Å². The second-order valence-corrected chi connectivity index (χ2v) is 8.23. The van der Waals surface area contributed by atoms with Crippen molar-refractivity contribution in [2.75, 3.05) is 0 Å². The molecule has 0 fully saturated rings. The molecule has 4 heteroatoms. The third-order valence-corrected chi connectivity index (χ3v) is 4.37. The van der Waals surface area contributed by atoms with Gasteiger partial charge in [-0.15, -0.1) is 0 Å². The maximum atomic E-state index is 5.78. The molecule has 31 heavy (non-hydrogen) atoms. The topological polar surface area (TPSA) is 36.9 Å². The lowest BCUT2D eigenvalue weighted by Crippen LogP contribution is -2.19. The van der Waals surface area contributed by atoms with Gasteiger partial charge in [-0.2, -0.15) is 0 Å². The normalized spacial score (nSPS) is 10.8. The van der Waals surface area contributed by atoms with Gasteiger partial charge >= 0.3 is 0 Å². The molecule has 0 bridgehead atoms. The van der Waals surface area contributed by atoms with Crippen LogP contribution in [0.4, 0.5) is 0 Å². The van der Waals surface area contributed by atoms with E-state index in [0.717, 1.165) is 11.1 Å². The van der Waals surface area contributed by atoms with Gasteiger partial charge in [0.2, 0.25) is 0 Å². The molecule has 0 saturated carbocycles. The van der Waals surface area contributed by atoms with Crippen LogP contribution < -0.4 is 18.9 Å². The molecule has 0 radical (unpaired) electrons. The second-order valence-electron chi connectivity index (χ2n) is 8.23. The van der Waals surface area contributed by atoms with Crippen molar-refractivity contribution in [3.05, 3.63) is 96.9 Å². The zero-order valence-corrected chi connectivity index (χ0v) is 19.4. The van der Waals surface area contributed by atoms with Gasteiger partial charge in [0.25, 0.3) is 0 Å². The van der Waals surface area contributed by atoms with Crippen LogP contribution in [0.2, 0.25) is 0 Å². The number of hydrogen-bond acceptors (Lipinski definition) is 4. The number of allylic oxidation sites excluding steroid dienone is 4. The average Bonchev–Trinajstić information content (AvgIpc) is 2.58. The van der Waals surface area contributed by atoms with E-state index in [1.54, 1.807) is 27.7 Å². The van der Waals surface area contributed by atoms with Crippen molar-refractivity contribution in [1.82, 2.24) is 0 Å². The lowest BCUT2D eigenvalue weighted by Gasteiger charge is -2.28. The molecule has 0 spiro atoms. The number of ether oxygens (including phenoxy) is 4. The molecule has 4 nitrogen and oxygen atoms in total. The molecule has 0 heterocycles. The summed E-state index contributed by atoms with van der Waals surface area (Å²) in [6, 6.07) is 11.5. The van der Waals surface area contributed by atoms with Crippen LogP contribution in [0.15, 0.2) is 85.8 Å². The Balaban J connectivity index is 2.63. The number of rotatable bonds is 10. The van der Waals surface area contributed by atoms with E-state index in [0.29, 0.717) is 46.0 Å². The van der Waals surface area contributed by atoms with Crippen molar-refractivity contribution < 1.29 is 18.9 Å². The highest BCUT2D eigenvalue weighted by Crippen LogP contribution is 2.40. The maximum Gasteiger partial charge on any atom is 0.130 e. The second kappa shape index (κ2) is 9.61. The van der Waals surface area contributed by atoms with Crippen LogP contribution in [0.5, 0.6) is 23.0 Å². The summed E-state index contributed by atoms with van der Waals surface area (Å²) >= 11 is 0. The minimum Gasteiger partial charge on any atom is -0.463 e. The molecule has 2 aromatic rings. The molecule has 0 amide bonds. The van der Waals surface area contributed by atoms with Gasteiger partial charge in [0.05, 0.1) is 23.0 Å². The van der Waals surface area contributed by atoms with Crippen molar-refractivity contribution in [3.8, 4) is 23.0 Å². The smallest absolute Gasteiger partial charge is 0.130 e. The molecule has 0 atom stereocenters. The van der Waals surface area contributed by atoms with Gasteiger partial charge in [0.1, 0.15) is 23.0 Å². The Bertz CT molecular complexity index is 878. The van der Waals surface area contributed by atoms with Gasteiger partial charge in [-0.05, 0) is 63.1 Å². The van der Waals surface area contributed by atoms with E-state index in [9.17, 15) is 0 Å². The van der Waals surface area contributed by atoms with E-state index in [-0.39, 0.29) is 0 Å². The van der Waals surface area contributed by atoms with Crippen LogP contribution in [0.3, 0.4) is 0 Å². The summed E-state index contributed by atoms with van der Waals surface area (Å²) in [5.74, 6) is 4.92. The van der Waals surface area contributed by atoms with Gasteiger partial charge in [-0.25, -0.2) is 0 Å². The highest BCUT2D eigenvalue weighted by Gasteiger charge is 2.27. The lowest BCUT2D eigenvalue weighted by atomic mass is 9.78. The first-order valence-corrected chi connectivity index (χ1v) is 10.0. The van der Waals surface area contributed by atoms with Crippen LogP contribution in [0.1, 0.15) is 52.7 Å². The Morgan fingerprint density at radius 1 is 0.516 bits per heavy atom. The van der Waals surface area contributed by atoms with Gasteiger partial charge in [0, 0.05) is 17.5 Å². The maximum absolute atomic E-state index is 5.78.